The zero-order valence-corrected chi connectivity index (χ0v) is 10.5. The summed E-state index contributed by atoms with van der Waals surface area (Å²) in [4.78, 5) is 10.5. The van der Waals surface area contributed by atoms with Gasteiger partial charge in [0.15, 0.2) is 5.75 Å². The van der Waals surface area contributed by atoms with Gasteiger partial charge in [-0.2, -0.15) is 0 Å². The van der Waals surface area contributed by atoms with E-state index in [1.807, 2.05) is 6.07 Å². The second kappa shape index (κ2) is 4.95. The summed E-state index contributed by atoms with van der Waals surface area (Å²) < 4.78 is 25.5. The van der Waals surface area contributed by atoms with Gasteiger partial charge in [-0.25, -0.2) is 8.42 Å². The summed E-state index contributed by atoms with van der Waals surface area (Å²) in [5.41, 5.74) is 2.46. The lowest BCUT2D eigenvalue weighted by molar-refractivity contribution is -0.134. The van der Waals surface area contributed by atoms with Crippen LogP contribution in [-0.2, 0) is 27.8 Å². The van der Waals surface area contributed by atoms with Gasteiger partial charge in [0.05, 0.1) is 5.69 Å². The highest BCUT2D eigenvalue weighted by atomic mass is 32.2. The molecule has 0 unspecified atom stereocenters. The summed E-state index contributed by atoms with van der Waals surface area (Å²) in [5, 5.41) is 11.7. The molecule has 0 atom stereocenters. The average molecular weight is 270 g/mol. The molecule has 1 heterocycles. The van der Waals surface area contributed by atoms with Crippen molar-refractivity contribution in [2.24, 2.45) is 0 Å². The molecule has 0 aliphatic carbocycles. The number of hydrogen-bond donors (Lipinski definition) is 3. The number of sulfonamides is 1. The van der Waals surface area contributed by atoms with Crippen molar-refractivity contribution in [1.82, 2.24) is 5.32 Å². The number of carbonyl (C=O) groups is 1. The molecule has 7 heteroatoms. The molecule has 1 aromatic rings. The fourth-order valence-corrected chi connectivity index (χ4v) is 2.92. The minimum absolute atomic E-state index is 0.482. The van der Waals surface area contributed by atoms with Gasteiger partial charge in [0.25, 0.3) is 0 Å². The summed E-state index contributed by atoms with van der Waals surface area (Å²) in [5.74, 6) is -2.29. The largest absolute Gasteiger partial charge is 0.480 e. The molecular weight excluding hydrogens is 256 g/mol. The smallest absolute Gasteiger partial charge is 0.320 e. The highest BCUT2D eigenvalue weighted by molar-refractivity contribution is 7.93. The van der Waals surface area contributed by atoms with E-state index in [-0.39, 0.29) is 0 Å². The molecule has 1 aromatic carbocycles. The Bertz CT molecular complexity index is 568. The number of aliphatic carboxylic acids is 1. The molecule has 0 radical (unpaired) electrons. The van der Waals surface area contributed by atoms with Crippen LogP contribution >= 0.6 is 0 Å². The van der Waals surface area contributed by atoms with Crippen LogP contribution in [0.5, 0.6) is 0 Å². The Hall–Kier alpha value is -1.60. The number of carboxylic acids is 1. The van der Waals surface area contributed by atoms with Crippen LogP contribution in [0.4, 0.5) is 5.69 Å². The zero-order chi connectivity index (χ0) is 13.2. The van der Waals surface area contributed by atoms with Gasteiger partial charge in [0, 0.05) is 6.54 Å². The van der Waals surface area contributed by atoms with Crippen LogP contribution in [0.2, 0.25) is 0 Å². The van der Waals surface area contributed by atoms with Crippen molar-refractivity contribution in [3.63, 3.8) is 0 Å². The Kier molecular flexibility index (Phi) is 3.53. The number of benzene rings is 1. The molecule has 0 bridgehead atoms. The maximum absolute atomic E-state index is 11.6. The van der Waals surface area contributed by atoms with Crippen LogP contribution in [0.15, 0.2) is 18.2 Å². The predicted molar refractivity (Wildman–Crippen MR) is 66.9 cm³/mol. The molecule has 3 N–H and O–H groups in total. The van der Waals surface area contributed by atoms with Crippen molar-refractivity contribution in [1.29, 1.82) is 0 Å². The lowest BCUT2D eigenvalue weighted by Crippen LogP contribution is -2.27. The van der Waals surface area contributed by atoms with Crippen molar-refractivity contribution >= 4 is 21.7 Å². The standard InChI is InChI=1S/C11H14N2O4S/c14-11(15)7-18(16,17)13-10-3-1-2-8-6-12-5-4-9(8)10/h1-3,12-13H,4-7H2,(H,14,15). The third kappa shape index (κ3) is 2.99. The Morgan fingerprint density at radius 2 is 2.22 bits per heavy atom. The number of anilines is 1. The van der Waals surface area contributed by atoms with Crippen molar-refractivity contribution in [3.8, 4) is 0 Å². The zero-order valence-electron chi connectivity index (χ0n) is 9.64. The molecule has 0 amide bonds. The average Bonchev–Trinajstić information content (AvgIpc) is 2.27. The molecule has 0 saturated carbocycles. The summed E-state index contributed by atoms with van der Waals surface area (Å²) >= 11 is 0. The lowest BCUT2D eigenvalue weighted by Gasteiger charge is -2.20. The van der Waals surface area contributed by atoms with Crippen LogP contribution in [0.1, 0.15) is 11.1 Å². The quantitative estimate of drug-likeness (QED) is 0.724. The third-order valence-corrected chi connectivity index (χ3v) is 3.88. The molecule has 0 spiro atoms. The van der Waals surface area contributed by atoms with Crippen molar-refractivity contribution in [3.05, 3.63) is 29.3 Å². The number of hydrogen-bond acceptors (Lipinski definition) is 4. The van der Waals surface area contributed by atoms with Crippen LogP contribution in [0.3, 0.4) is 0 Å². The van der Waals surface area contributed by atoms with Gasteiger partial charge in [0.1, 0.15) is 0 Å². The second-order valence-corrected chi connectivity index (χ2v) is 5.85. The summed E-state index contributed by atoms with van der Waals surface area (Å²) in [7, 11) is -3.84. The van der Waals surface area contributed by atoms with Gasteiger partial charge in [-0.15, -0.1) is 0 Å². The normalized spacial score (nSPS) is 14.9. The first kappa shape index (κ1) is 12.8. The fourth-order valence-electron chi connectivity index (χ4n) is 1.99. The molecule has 0 aromatic heterocycles. The first-order valence-corrected chi connectivity index (χ1v) is 7.17. The summed E-state index contributed by atoms with van der Waals surface area (Å²) in [6.45, 7) is 1.48. The Balaban J connectivity index is 2.27. The van der Waals surface area contributed by atoms with Crippen LogP contribution in [0, 0.1) is 0 Å². The first-order valence-electron chi connectivity index (χ1n) is 5.52. The molecule has 6 nitrogen and oxygen atoms in total. The number of nitrogens with one attached hydrogen (secondary N) is 2. The lowest BCUT2D eigenvalue weighted by atomic mass is 9.99. The monoisotopic (exact) mass is 270 g/mol. The van der Waals surface area contributed by atoms with Gasteiger partial charge >= 0.3 is 5.97 Å². The van der Waals surface area contributed by atoms with Crippen LogP contribution in [0.25, 0.3) is 0 Å². The maximum atomic E-state index is 11.6. The van der Waals surface area contributed by atoms with Crippen LogP contribution in [-0.4, -0.2) is 31.8 Å². The van der Waals surface area contributed by atoms with E-state index in [9.17, 15) is 13.2 Å². The Morgan fingerprint density at radius 3 is 2.94 bits per heavy atom. The molecule has 18 heavy (non-hydrogen) atoms. The van der Waals surface area contributed by atoms with Gasteiger partial charge in [0.2, 0.25) is 10.0 Å². The fraction of sp³-hybridized carbons (Fsp3) is 0.364. The van der Waals surface area contributed by atoms with Gasteiger partial charge < -0.3 is 10.4 Å². The minimum atomic E-state index is -3.84. The van der Waals surface area contributed by atoms with E-state index in [0.29, 0.717) is 12.2 Å². The molecule has 98 valence electrons. The van der Waals surface area contributed by atoms with Crippen LogP contribution < -0.4 is 10.0 Å². The van der Waals surface area contributed by atoms with Gasteiger partial charge in [-0.3, -0.25) is 9.52 Å². The topological polar surface area (TPSA) is 95.5 Å². The highest BCUT2D eigenvalue weighted by Crippen LogP contribution is 2.23. The molecule has 0 fully saturated rings. The van der Waals surface area contributed by atoms with E-state index in [2.05, 4.69) is 10.0 Å². The Labute approximate surface area is 105 Å². The number of carboxylic acid groups (broad SMARTS) is 1. The second-order valence-electron chi connectivity index (χ2n) is 4.12. The maximum Gasteiger partial charge on any atom is 0.320 e. The van der Waals surface area contributed by atoms with E-state index in [1.54, 1.807) is 12.1 Å². The van der Waals surface area contributed by atoms with Gasteiger partial charge in [-0.1, -0.05) is 12.1 Å². The van der Waals surface area contributed by atoms with E-state index in [1.165, 1.54) is 0 Å². The van der Waals surface area contributed by atoms with Crippen molar-refractivity contribution in [2.45, 2.75) is 13.0 Å². The molecule has 1 aliphatic heterocycles. The number of fused-ring (bicyclic) bond motifs is 1. The van der Waals surface area contributed by atoms with E-state index in [0.717, 1.165) is 24.1 Å². The Morgan fingerprint density at radius 1 is 1.44 bits per heavy atom. The minimum Gasteiger partial charge on any atom is -0.480 e. The van der Waals surface area contributed by atoms with Gasteiger partial charge in [-0.05, 0) is 30.2 Å². The SMILES string of the molecule is O=C(O)CS(=O)(=O)Nc1cccc2c1CCNC2. The molecule has 1 aliphatic rings. The van der Waals surface area contributed by atoms with E-state index < -0.39 is 21.7 Å². The predicted octanol–water partition coefficient (Wildman–Crippen LogP) is 0.159. The first-order chi connectivity index (χ1) is 8.48. The summed E-state index contributed by atoms with van der Waals surface area (Å²) in [6, 6.07) is 5.34. The third-order valence-electron chi connectivity index (χ3n) is 2.72. The molecule has 2 rings (SSSR count). The van der Waals surface area contributed by atoms with E-state index in [4.69, 9.17) is 5.11 Å². The number of rotatable bonds is 4. The molecule has 0 saturated heterocycles. The van der Waals surface area contributed by atoms with Crippen molar-refractivity contribution < 1.29 is 18.3 Å². The molecular formula is C11H14N2O4S. The van der Waals surface area contributed by atoms with E-state index >= 15 is 0 Å². The highest BCUT2D eigenvalue weighted by Gasteiger charge is 2.19. The summed E-state index contributed by atoms with van der Waals surface area (Å²) in [6.07, 6.45) is 0.723. The van der Waals surface area contributed by atoms with Crippen molar-refractivity contribution in [2.75, 3.05) is 17.0 Å².